The Labute approximate surface area is 157 Å². The SMILES string of the molecule is O=C(C1CC1)N(Cc1ccccn1)CC1CC(c2ccc(Cl)cc2)=NO1. The van der Waals surface area contributed by atoms with Crippen molar-refractivity contribution in [2.75, 3.05) is 6.54 Å². The Kier molecular flexibility index (Phi) is 4.89. The van der Waals surface area contributed by atoms with Gasteiger partial charge in [-0.05, 0) is 42.7 Å². The zero-order valence-corrected chi connectivity index (χ0v) is 15.1. The van der Waals surface area contributed by atoms with Crippen molar-refractivity contribution in [3.05, 3.63) is 64.9 Å². The van der Waals surface area contributed by atoms with E-state index in [0.29, 0.717) is 24.5 Å². The first-order valence-corrected chi connectivity index (χ1v) is 9.24. The highest BCUT2D eigenvalue weighted by Crippen LogP contribution is 2.32. The number of nitrogens with zero attached hydrogens (tertiary/aromatic N) is 3. The number of carbonyl (C=O) groups is 1. The highest BCUT2D eigenvalue weighted by atomic mass is 35.5. The van der Waals surface area contributed by atoms with Crippen LogP contribution in [-0.4, -0.2) is 34.2 Å². The van der Waals surface area contributed by atoms with Crippen molar-refractivity contribution in [3.8, 4) is 0 Å². The van der Waals surface area contributed by atoms with Crippen molar-refractivity contribution in [2.24, 2.45) is 11.1 Å². The lowest BCUT2D eigenvalue weighted by Crippen LogP contribution is -2.38. The number of carbonyl (C=O) groups excluding carboxylic acids is 1. The molecule has 6 heteroatoms. The van der Waals surface area contributed by atoms with E-state index in [4.69, 9.17) is 16.4 Å². The van der Waals surface area contributed by atoms with Gasteiger partial charge in [-0.15, -0.1) is 0 Å². The third-order valence-electron chi connectivity index (χ3n) is 4.65. The maximum Gasteiger partial charge on any atom is 0.226 e. The van der Waals surface area contributed by atoms with Gasteiger partial charge >= 0.3 is 0 Å². The Hall–Kier alpha value is -2.40. The average molecular weight is 370 g/mol. The molecule has 0 radical (unpaired) electrons. The highest BCUT2D eigenvalue weighted by Gasteiger charge is 2.35. The number of hydrogen-bond acceptors (Lipinski definition) is 4. The third kappa shape index (κ3) is 4.05. The predicted molar refractivity (Wildman–Crippen MR) is 99.9 cm³/mol. The molecule has 1 fully saturated rings. The largest absolute Gasteiger partial charge is 0.390 e. The molecule has 0 spiro atoms. The monoisotopic (exact) mass is 369 g/mol. The third-order valence-corrected chi connectivity index (χ3v) is 4.90. The summed E-state index contributed by atoms with van der Waals surface area (Å²) in [6.45, 7) is 1.03. The molecule has 2 aromatic rings. The fraction of sp³-hybridized carbons (Fsp3) is 0.350. The van der Waals surface area contributed by atoms with E-state index in [1.165, 1.54) is 0 Å². The van der Waals surface area contributed by atoms with E-state index in [9.17, 15) is 4.79 Å². The summed E-state index contributed by atoms with van der Waals surface area (Å²) in [5, 5.41) is 4.91. The number of halogens is 1. The summed E-state index contributed by atoms with van der Waals surface area (Å²) < 4.78 is 0. The molecular weight excluding hydrogens is 350 g/mol. The van der Waals surface area contributed by atoms with Crippen molar-refractivity contribution >= 4 is 23.2 Å². The zero-order chi connectivity index (χ0) is 17.9. The number of amides is 1. The fourth-order valence-electron chi connectivity index (χ4n) is 3.09. The molecule has 134 valence electrons. The van der Waals surface area contributed by atoms with Gasteiger partial charge in [0.25, 0.3) is 0 Å². The van der Waals surface area contributed by atoms with Crippen LogP contribution in [0.2, 0.25) is 5.02 Å². The van der Waals surface area contributed by atoms with Crippen LogP contribution in [0.1, 0.15) is 30.5 Å². The molecule has 5 nitrogen and oxygen atoms in total. The normalized spacial score (nSPS) is 19.0. The van der Waals surface area contributed by atoms with E-state index in [-0.39, 0.29) is 17.9 Å². The van der Waals surface area contributed by atoms with Gasteiger partial charge < -0.3 is 9.74 Å². The van der Waals surface area contributed by atoms with E-state index in [1.807, 2.05) is 47.4 Å². The fourth-order valence-corrected chi connectivity index (χ4v) is 3.22. The molecular formula is C20H20ClN3O2. The van der Waals surface area contributed by atoms with Crippen LogP contribution >= 0.6 is 11.6 Å². The van der Waals surface area contributed by atoms with Crippen LogP contribution in [0.4, 0.5) is 0 Å². The van der Waals surface area contributed by atoms with E-state index in [2.05, 4.69) is 10.1 Å². The summed E-state index contributed by atoms with van der Waals surface area (Å²) in [6.07, 6.45) is 4.26. The van der Waals surface area contributed by atoms with Crippen LogP contribution in [0.3, 0.4) is 0 Å². The van der Waals surface area contributed by atoms with Gasteiger partial charge in [-0.1, -0.05) is 35.0 Å². The van der Waals surface area contributed by atoms with Crippen molar-refractivity contribution in [2.45, 2.75) is 31.9 Å². The Morgan fingerprint density at radius 2 is 2.00 bits per heavy atom. The lowest BCUT2D eigenvalue weighted by Gasteiger charge is -2.24. The van der Waals surface area contributed by atoms with Gasteiger partial charge in [-0.2, -0.15) is 0 Å². The Balaban J connectivity index is 1.41. The van der Waals surface area contributed by atoms with Crippen molar-refractivity contribution in [3.63, 3.8) is 0 Å². The molecule has 1 unspecified atom stereocenters. The molecule has 1 amide bonds. The number of benzene rings is 1. The molecule has 1 aromatic heterocycles. The topological polar surface area (TPSA) is 54.8 Å². The van der Waals surface area contributed by atoms with Gasteiger partial charge in [-0.3, -0.25) is 9.78 Å². The van der Waals surface area contributed by atoms with Crippen molar-refractivity contribution < 1.29 is 9.63 Å². The lowest BCUT2D eigenvalue weighted by molar-refractivity contribution is -0.135. The first-order valence-electron chi connectivity index (χ1n) is 8.86. The average Bonchev–Trinajstić information content (AvgIpc) is 3.41. The van der Waals surface area contributed by atoms with Gasteiger partial charge in [0.1, 0.15) is 0 Å². The molecule has 2 heterocycles. The summed E-state index contributed by atoms with van der Waals surface area (Å²) >= 11 is 5.94. The molecule has 26 heavy (non-hydrogen) atoms. The molecule has 1 aliphatic carbocycles. The Bertz CT molecular complexity index is 804. The molecule has 1 saturated carbocycles. The molecule has 4 rings (SSSR count). The number of oxime groups is 1. The van der Waals surface area contributed by atoms with Gasteiger partial charge in [0.2, 0.25) is 5.91 Å². The van der Waals surface area contributed by atoms with Crippen LogP contribution in [0, 0.1) is 5.92 Å². The number of hydrogen-bond donors (Lipinski definition) is 0. The minimum absolute atomic E-state index is 0.132. The van der Waals surface area contributed by atoms with Crippen molar-refractivity contribution in [1.82, 2.24) is 9.88 Å². The van der Waals surface area contributed by atoms with Gasteiger partial charge in [-0.25, -0.2) is 0 Å². The van der Waals surface area contributed by atoms with E-state index in [0.717, 1.165) is 29.8 Å². The molecule has 1 aromatic carbocycles. The number of rotatable bonds is 6. The van der Waals surface area contributed by atoms with Crippen LogP contribution in [0.5, 0.6) is 0 Å². The molecule has 0 N–H and O–H groups in total. The smallest absolute Gasteiger partial charge is 0.226 e. The maximum atomic E-state index is 12.7. The van der Waals surface area contributed by atoms with Gasteiger partial charge in [0.15, 0.2) is 6.10 Å². The summed E-state index contributed by atoms with van der Waals surface area (Å²) in [7, 11) is 0. The summed E-state index contributed by atoms with van der Waals surface area (Å²) in [6, 6.07) is 13.3. The van der Waals surface area contributed by atoms with Crippen LogP contribution < -0.4 is 0 Å². The van der Waals surface area contributed by atoms with E-state index >= 15 is 0 Å². The lowest BCUT2D eigenvalue weighted by atomic mass is 10.0. The van der Waals surface area contributed by atoms with Crippen molar-refractivity contribution in [1.29, 1.82) is 0 Å². The second-order valence-corrected chi connectivity index (χ2v) is 7.23. The van der Waals surface area contributed by atoms with Crippen LogP contribution in [0.25, 0.3) is 0 Å². The minimum atomic E-state index is -0.132. The number of aromatic nitrogens is 1. The second kappa shape index (κ2) is 7.46. The van der Waals surface area contributed by atoms with E-state index < -0.39 is 0 Å². The summed E-state index contributed by atoms with van der Waals surface area (Å²) in [5.74, 6) is 0.357. The van der Waals surface area contributed by atoms with Crippen LogP contribution in [-0.2, 0) is 16.2 Å². The molecule has 1 aliphatic heterocycles. The quantitative estimate of drug-likeness (QED) is 0.780. The first kappa shape index (κ1) is 17.0. The standard InChI is InChI=1S/C20H20ClN3O2/c21-16-8-6-14(7-9-16)19-11-18(26-23-19)13-24(20(25)15-4-5-15)12-17-3-1-2-10-22-17/h1-3,6-10,15,18H,4-5,11-13H2. The predicted octanol–water partition coefficient (Wildman–Crippen LogP) is 3.67. The Morgan fingerprint density at radius 1 is 1.19 bits per heavy atom. The minimum Gasteiger partial charge on any atom is -0.390 e. The molecule has 1 atom stereocenters. The second-order valence-electron chi connectivity index (χ2n) is 6.79. The number of pyridine rings is 1. The van der Waals surface area contributed by atoms with E-state index in [1.54, 1.807) is 6.20 Å². The molecule has 0 saturated heterocycles. The summed E-state index contributed by atoms with van der Waals surface area (Å²) in [5.41, 5.74) is 2.78. The highest BCUT2D eigenvalue weighted by molar-refractivity contribution is 6.30. The first-order chi connectivity index (χ1) is 12.7. The molecule has 0 bridgehead atoms. The van der Waals surface area contributed by atoms with Gasteiger partial charge in [0.05, 0.1) is 24.5 Å². The van der Waals surface area contributed by atoms with Crippen LogP contribution in [0.15, 0.2) is 53.8 Å². The zero-order valence-electron chi connectivity index (χ0n) is 14.3. The molecule has 2 aliphatic rings. The maximum absolute atomic E-state index is 12.7. The van der Waals surface area contributed by atoms with Gasteiger partial charge in [0, 0.05) is 23.6 Å². The Morgan fingerprint density at radius 3 is 2.69 bits per heavy atom. The summed E-state index contributed by atoms with van der Waals surface area (Å²) in [4.78, 5) is 24.5.